The van der Waals surface area contributed by atoms with Crippen LogP contribution in [-0.4, -0.2) is 12.5 Å². The van der Waals surface area contributed by atoms with Crippen molar-refractivity contribution in [1.29, 1.82) is 0 Å². The predicted octanol–water partition coefficient (Wildman–Crippen LogP) is 3.57. The number of amides is 1. The molecule has 0 unspecified atom stereocenters. The molecular weight excluding hydrogens is 272 g/mol. The Bertz CT molecular complexity index is 769. The van der Waals surface area contributed by atoms with Gasteiger partial charge in [-0.15, -0.1) is 0 Å². The fraction of sp³-hybridized carbons (Fsp3) is 0.105. The summed E-state index contributed by atoms with van der Waals surface area (Å²) in [5, 5.41) is 8.36. The molecule has 0 spiro atoms. The van der Waals surface area contributed by atoms with E-state index in [4.69, 9.17) is 0 Å². The molecule has 0 fully saturated rings. The van der Waals surface area contributed by atoms with E-state index >= 15 is 0 Å². The topological polar surface area (TPSA) is 41.1 Å². The summed E-state index contributed by atoms with van der Waals surface area (Å²) in [6, 6.07) is 24.1. The SMILES string of the molecule is O=C(CNCc1ccccc1)Nc1ccc2ccccc2c1. The molecule has 0 aliphatic carbocycles. The Hall–Kier alpha value is -2.65. The Morgan fingerprint density at radius 1 is 0.818 bits per heavy atom. The molecule has 0 aromatic heterocycles. The Morgan fingerprint density at radius 2 is 1.55 bits per heavy atom. The van der Waals surface area contributed by atoms with E-state index in [1.54, 1.807) is 0 Å². The van der Waals surface area contributed by atoms with Crippen LogP contribution in [0.2, 0.25) is 0 Å². The van der Waals surface area contributed by atoms with Crippen molar-refractivity contribution < 1.29 is 4.79 Å². The van der Waals surface area contributed by atoms with Crippen LogP contribution in [0.25, 0.3) is 10.8 Å². The standard InChI is InChI=1S/C19H18N2O/c22-19(14-20-13-15-6-2-1-3-7-15)21-18-11-10-16-8-4-5-9-17(16)12-18/h1-12,20H,13-14H2,(H,21,22). The highest BCUT2D eigenvalue weighted by atomic mass is 16.1. The van der Waals surface area contributed by atoms with Gasteiger partial charge in [0, 0.05) is 12.2 Å². The number of benzene rings is 3. The molecule has 110 valence electrons. The van der Waals surface area contributed by atoms with Gasteiger partial charge < -0.3 is 10.6 Å². The van der Waals surface area contributed by atoms with Crippen molar-refractivity contribution in [3.05, 3.63) is 78.4 Å². The summed E-state index contributed by atoms with van der Waals surface area (Å²) in [6.07, 6.45) is 0. The summed E-state index contributed by atoms with van der Waals surface area (Å²) < 4.78 is 0. The molecule has 0 bridgehead atoms. The normalized spacial score (nSPS) is 10.5. The van der Waals surface area contributed by atoms with Gasteiger partial charge in [-0.1, -0.05) is 60.7 Å². The third-order valence-corrected chi connectivity index (χ3v) is 3.49. The maximum absolute atomic E-state index is 12.0. The van der Waals surface area contributed by atoms with E-state index in [-0.39, 0.29) is 5.91 Å². The molecule has 2 N–H and O–H groups in total. The second-order valence-corrected chi connectivity index (χ2v) is 5.20. The molecule has 0 saturated carbocycles. The highest BCUT2D eigenvalue weighted by Crippen LogP contribution is 2.18. The summed E-state index contributed by atoms with van der Waals surface area (Å²) in [7, 11) is 0. The second kappa shape index (κ2) is 6.87. The summed E-state index contributed by atoms with van der Waals surface area (Å²) in [6.45, 7) is 0.980. The molecule has 0 aliphatic heterocycles. The van der Waals surface area contributed by atoms with Crippen molar-refractivity contribution in [2.45, 2.75) is 6.54 Å². The first-order valence-corrected chi connectivity index (χ1v) is 7.34. The van der Waals surface area contributed by atoms with Crippen molar-refractivity contribution in [3.8, 4) is 0 Å². The van der Waals surface area contributed by atoms with Gasteiger partial charge in [-0.2, -0.15) is 0 Å². The Kier molecular flexibility index (Phi) is 4.47. The average Bonchev–Trinajstić information content (AvgIpc) is 2.56. The van der Waals surface area contributed by atoms with E-state index in [1.165, 1.54) is 10.9 Å². The fourth-order valence-electron chi connectivity index (χ4n) is 2.39. The number of carbonyl (C=O) groups is 1. The Morgan fingerprint density at radius 3 is 2.36 bits per heavy atom. The Balaban J connectivity index is 1.54. The third kappa shape index (κ3) is 3.71. The molecule has 0 heterocycles. The minimum absolute atomic E-state index is 0.0359. The number of fused-ring (bicyclic) bond motifs is 1. The van der Waals surface area contributed by atoms with Gasteiger partial charge in [0.15, 0.2) is 0 Å². The van der Waals surface area contributed by atoms with Gasteiger partial charge in [-0.25, -0.2) is 0 Å². The summed E-state index contributed by atoms with van der Waals surface area (Å²) in [4.78, 5) is 12.0. The minimum atomic E-state index is -0.0359. The number of hydrogen-bond donors (Lipinski definition) is 2. The van der Waals surface area contributed by atoms with Gasteiger partial charge in [-0.05, 0) is 28.5 Å². The number of carbonyl (C=O) groups excluding carboxylic acids is 1. The zero-order valence-electron chi connectivity index (χ0n) is 12.3. The minimum Gasteiger partial charge on any atom is -0.325 e. The van der Waals surface area contributed by atoms with Crippen molar-refractivity contribution in [1.82, 2.24) is 5.32 Å². The third-order valence-electron chi connectivity index (χ3n) is 3.49. The first kappa shape index (κ1) is 14.3. The Labute approximate surface area is 130 Å². The molecule has 0 atom stereocenters. The fourth-order valence-corrected chi connectivity index (χ4v) is 2.39. The average molecular weight is 290 g/mol. The zero-order chi connectivity index (χ0) is 15.2. The van der Waals surface area contributed by atoms with Gasteiger partial charge in [0.1, 0.15) is 0 Å². The predicted molar refractivity (Wildman–Crippen MR) is 90.7 cm³/mol. The molecule has 3 aromatic carbocycles. The maximum atomic E-state index is 12.0. The largest absolute Gasteiger partial charge is 0.325 e. The molecule has 3 aromatic rings. The summed E-state index contributed by atoms with van der Waals surface area (Å²) in [5.41, 5.74) is 1.99. The van der Waals surface area contributed by atoms with Crippen LogP contribution in [0, 0.1) is 0 Å². The first-order valence-electron chi connectivity index (χ1n) is 7.34. The van der Waals surface area contributed by atoms with Gasteiger partial charge >= 0.3 is 0 Å². The number of hydrogen-bond acceptors (Lipinski definition) is 2. The zero-order valence-corrected chi connectivity index (χ0v) is 12.3. The number of anilines is 1. The van der Waals surface area contributed by atoms with E-state index in [0.29, 0.717) is 13.1 Å². The highest BCUT2D eigenvalue weighted by Gasteiger charge is 2.03. The van der Waals surface area contributed by atoms with Crippen LogP contribution < -0.4 is 10.6 Å². The molecule has 3 rings (SSSR count). The lowest BCUT2D eigenvalue weighted by molar-refractivity contribution is -0.115. The quantitative estimate of drug-likeness (QED) is 0.754. The lowest BCUT2D eigenvalue weighted by Gasteiger charge is -2.08. The summed E-state index contributed by atoms with van der Waals surface area (Å²) >= 11 is 0. The van der Waals surface area contributed by atoms with Crippen LogP contribution in [0.3, 0.4) is 0 Å². The smallest absolute Gasteiger partial charge is 0.238 e. The van der Waals surface area contributed by atoms with E-state index in [1.807, 2.05) is 66.7 Å². The lowest BCUT2D eigenvalue weighted by Crippen LogP contribution is -2.27. The monoisotopic (exact) mass is 290 g/mol. The molecule has 3 nitrogen and oxygen atoms in total. The van der Waals surface area contributed by atoms with Crippen LogP contribution in [0.15, 0.2) is 72.8 Å². The lowest BCUT2D eigenvalue weighted by atomic mass is 10.1. The molecule has 1 amide bonds. The summed E-state index contributed by atoms with van der Waals surface area (Å²) in [5.74, 6) is -0.0359. The van der Waals surface area contributed by atoms with Gasteiger partial charge in [0.05, 0.1) is 6.54 Å². The number of rotatable bonds is 5. The molecule has 3 heteroatoms. The van der Waals surface area contributed by atoms with E-state index in [0.717, 1.165) is 11.1 Å². The van der Waals surface area contributed by atoms with Crippen LogP contribution in [0.1, 0.15) is 5.56 Å². The molecular formula is C19H18N2O. The van der Waals surface area contributed by atoms with Gasteiger partial charge in [0.25, 0.3) is 0 Å². The van der Waals surface area contributed by atoms with E-state index < -0.39 is 0 Å². The van der Waals surface area contributed by atoms with Crippen molar-refractivity contribution in [3.63, 3.8) is 0 Å². The van der Waals surface area contributed by atoms with Crippen LogP contribution >= 0.6 is 0 Å². The van der Waals surface area contributed by atoms with Crippen molar-refractivity contribution >= 4 is 22.4 Å². The highest BCUT2D eigenvalue weighted by molar-refractivity contribution is 5.95. The molecule has 0 radical (unpaired) electrons. The van der Waals surface area contributed by atoms with Crippen molar-refractivity contribution in [2.24, 2.45) is 0 Å². The first-order chi connectivity index (χ1) is 10.8. The van der Waals surface area contributed by atoms with Crippen LogP contribution in [0.5, 0.6) is 0 Å². The molecule has 22 heavy (non-hydrogen) atoms. The van der Waals surface area contributed by atoms with Gasteiger partial charge in [-0.3, -0.25) is 4.79 Å². The maximum Gasteiger partial charge on any atom is 0.238 e. The second-order valence-electron chi connectivity index (χ2n) is 5.20. The van der Waals surface area contributed by atoms with E-state index in [9.17, 15) is 4.79 Å². The van der Waals surface area contributed by atoms with E-state index in [2.05, 4.69) is 16.7 Å². The molecule has 0 aliphatic rings. The van der Waals surface area contributed by atoms with Gasteiger partial charge in [0.2, 0.25) is 5.91 Å². The number of nitrogens with one attached hydrogen (secondary N) is 2. The van der Waals surface area contributed by atoms with Crippen LogP contribution in [0.4, 0.5) is 5.69 Å². The molecule has 0 saturated heterocycles. The van der Waals surface area contributed by atoms with Crippen LogP contribution in [-0.2, 0) is 11.3 Å². The van der Waals surface area contributed by atoms with Crippen molar-refractivity contribution in [2.75, 3.05) is 11.9 Å².